The lowest BCUT2D eigenvalue weighted by molar-refractivity contribution is -0.0301. The average molecular weight is 216 g/mol. The fraction of sp³-hybridized carbons (Fsp3) is 0.700. The van der Waals surface area contributed by atoms with Crippen molar-refractivity contribution in [1.29, 1.82) is 0 Å². The molecule has 0 radical (unpaired) electrons. The number of halogens is 3. The molecule has 1 fully saturated rings. The Kier molecular flexibility index (Phi) is 1.47. The summed E-state index contributed by atoms with van der Waals surface area (Å²) in [4.78, 5) is 0. The van der Waals surface area contributed by atoms with E-state index in [0.717, 1.165) is 4.68 Å². The van der Waals surface area contributed by atoms with E-state index in [-0.39, 0.29) is 17.3 Å². The van der Waals surface area contributed by atoms with Crippen molar-refractivity contribution in [1.82, 2.24) is 9.78 Å². The average Bonchev–Trinajstić information content (AvgIpc) is 2.78. The van der Waals surface area contributed by atoms with Gasteiger partial charge in [0.25, 0.3) is 5.92 Å². The molecule has 2 unspecified atom stereocenters. The fourth-order valence-corrected chi connectivity index (χ4v) is 2.71. The maximum absolute atomic E-state index is 13.7. The first kappa shape index (κ1) is 9.24. The third-order valence-corrected chi connectivity index (χ3v) is 3.43. The largest absolute Gasteiger partial charge is 0.293 e. The van der Waals surface area contributed by atoms with Crippen molar-refractivity contribution in [2.75, 3.05) is 0 Å². The molecule has 0 aromatic carbocycles. The maximum atomic E-state index is 13.7. The van der Waals surface area contributed by atoms with Crippen LogP contribution in [0.1, 0.15) is 42.4 Å². The Balaban J connectivity index is 2.23. The first-order chi connectivity index (χ1) is 6.94. The van der Waals surface area contributed by atoms with Crippen molar-refractivity contribution in [2.45, 2.75) is 31.4 Å². The van der Waals surface area contributed by atoms with Crippen LogP contribution in [0.2, 0.25) is 0 Å². The molecule has 1 aromatic rings. The molecule has 0 saturated heterocycles. The highest BCUT2D eigenvalue weighted by atomic mass is 19.3. The SMILES string of the molecule is CC(F)c1nn(C)c2c1[C@H]1CC1C2(F)F. The summed E-state index contributed by atoms with van der Waals surface area (Å²) in [5.41, 5.74) is 0.614. The van der Waals surface area contributed by atoms with Gasteiger partial charge in [0.05, 0.1) is 0 Å². The van der Waals surface area contributed by atoms with E-state index in [2.05, 4.69) is 5.10 Å². The molecule has 0 amide bonds. The van der Waals surface area contributed by atoms with Gasteiger partial charge in [0.2, 0.25) is 0 Å². The molecule has 1 saturated carbocycles. The van der Waals surface area contributed by atoms with E-state index >= 15 is 0 Å². The maximum Gasteiger partial charge on any atom is 0.293 e. The Morgan fingerprint density at radius 3 is 2.80 bits per heavy atom. The third kappa shape index (κ3) is 0.936. The summed E-state index contributed by atoms with van der Waals surface area (Å²) in [5, 5.41) is 3.87. The monoisotopic (exact) mass is 216 g/mol. The number of hydrogen-bond acceptors (Lipinski definition) is 1. The molecule has 0 aliphatic heterocycles. The minimum atomic E-state index is -2.81. The van der Waals surface area contributed by atoms with Crippen LogP contribution in [0.15, 0.2) is 0 Å². The highest BCUT2D eigenvalue weighted by Crippen LogP contribution is 2.67. The molecule has 0 spiro atoms. The predicted octanol–water partition coefficient (Wildman–Crippen LogP) is 2.66. The van der Waals surface area contributed by atoms with E-state index in [9.17, 15) is 13.2 Å². The van der Waals surface area contributed by atoms with Crippen LogP contribution in [0.5, 0.6) is 0 Å². The van der Waals surface area contributed by atoms with Crippen LogP contribution in [-0.2, 0) is 13.0 Å². The van der Waals surface area contributed by atoms with Crippen molar-refractivity contribution in [3.05, 3.63) is 17.0 Å². The number of hydrogen-bond donors (Lipinski definition) is 0. The first-order valence-corrected chi connectivity index (χ1v) is 5.03. The topological polar surface area (TPSA) is 17.8 Å². The summed E-state index contributed by atoms with van der Waals surface area (Å²) in [6.07, 6.45) is -0.791. The van der Waals surface area contributed by atoms with Gasteiger partial charge < -0.3 is 0 Å². The zero-order valence-electron chi connectivity index (χ0n) is 8.47. The van der Waals surface area contributed by atoms with E-state index in [1.807, 2.05) is 0 Å². The standard InChI is InChI=1S/C10H11F3N2/c1-4(11)8-7-5-3-6(5)10(12,13)9(7)15(2)14-8/h4-6H,3H2,1-2H3/t4?,5-,6?/m0/s1. The highest BCUT2D eigenvalue weighted by molar-refractivity contribution is 5.46. The summed E-state index contributed by atoms with van der Waals surface area (Å²) in [5.74, 6) is -3.57. The molecular formula is C10H11F3N2. The second kappa shape index (κ2) is 2.39. The van der Waals surface area contributed by atoms with Crippen LogP contribution < -0.4 is 0 Å². The van der Waals surface area contributed by atoms with E-state index < -0.39 is 18.0 Å². The molecule has 0 N–H and O–H groups in total. The van der Waals surface area contributed by atoms with E-state index in [0.29, 0.717) is 12.0 Å². The lowest BCUT2D eigenvalue weighted by Crippen LogP contribution is -2.18. The zero-order valence-corrected chi connectivity index (χ0v) is 8.47. The minimum Gasteiger partial charge on any atom is -0.266 e. The summed E-state index contributed by atoms with van der Waals surface area (Å²) in [6, 6.07) is 0. The number of aryl methyl sites for hydroxylation is 1. The van der Waals surface area contributed by atoms with Gasteiger partial charge in [0, 0.05) is 18.5 Å². The van der Waals surface area contributed by atoms with Crippen LogP contribution in [0, 0.1) is 5.92 Å². The molecular weight excluding hydrogens is 205 g/mol. The quantitative estimate of drug-likeness (QED) is 0.705. The summed E-state index contributed by atoms with van der Waals surface area (Å²) < 4.78 is 41.8. The van der Waals surface area contributed by atoms with Crippen molar-refractivity contribution >= 4 is 0 Å². The Morgan fingerprint density at radius 1 is 1.53 bits per heavy atom. The first-order valence-electron chi connectivity index (χ1n) is 5.03. The van der Waals surface area contributed by atoms with Gasteiger partial charge >= 0.3 is 0 Å². The summed E-state index contributed by atoms with van der Waals surface area (Å²) in [7, 11) is 1.46. The molecule has 15 heavy (non-hydrogen) atoms. The number of nitrogens with zero attached hydrogens (tertiary/aromatic N) is 2. The van der Waals surface area contributed by atoms with Gasteiger partial charge in [-0.3, -0.25) is 4.68 Å². The molecule has 3 rings (SSSR count). The van der Waals surface area contributed by atoms with Crippen molar-refractivity contribution in [3.63, 3.8) is 0 Å². The van der Waals surface area contributed by atoms with Gasteiger partial charge in [-0.1, -0.05) is 0 Å². The predicted molar refractivity (Wildman–Crippen MR) is 47.5 cm³/mol. The molecule has 1 heterocycles. The summed E-state index contributed by atoms with van der Waals surface area (Å²) in [6.45, 7) is 1.34. The lowest BCUT2D eigenvalue weighted by atomic mass is 10.1. The van der Waals surface area contributed by atoms with Crippen LogP contribution in [0.25, 0.3) is 0 Å². The third-order valence-electron chi connectivity index (χ3n) is 3.43. The fourth-order valence-electron chi connectivity index (χ4n) is 2.71. The molecule has 5 heteroatoms. The summed E-state index contributed by atoms with van der Waals surface area (Å²) >= 11 is 0. The second-order valence-corrected chi connectivity index (χ2v) is 4.46. The molecule has 1 aromatic heterocycles. The van der Waals surface area contributed by atoms with Gasteiger partial charge in [-0.05, 0) is 19.3 Å². The Labute approximate surface area is 85.1 Å². The number of aromatic nitrogens is 2. The Morgan fingerprint density at radius 2 is 2.20 bits per heavy atom. The number of rotatable bonds is 1. The van der Waals surface area contributed by atoms with Crippen LogP contribution in [0.3, 0.4) is 0 Å². The Bertz CT molecular complexity index is 436. The molecule has 82 valence electrons. The number of alkyl halides is 3. The minimum absolute atomic E-state index is 0.0664. The van der Waals surface area contributed by atoms with E-state index in [1.165, 1.54) is 14.0 Å². The van der Waals surface area contributed by atoms with Crippen LogP contribution in [-0.4, -0.2) is 9.78 Å². The van der Waals surface area contributed by atoms with E-state index in [4.69, 9.17) is 0 Å². The van der Waals surface area contributed by atoms with E-state index in [1.54, 1.807) is 0 Å². The van der Waals surface area contributed by atoms with Gasteiger partial charge in [0.15, 0.2) is 0 Å². The molecule has 2 aliphatic rings. The second-order valence-electron chi connectivity index (χ2n) is 4.46. The smallest absolute Gasteiger partial charge is 0.266 e. The zero-order chi connectivity index (χ0) is 11.0. The molecule has 2 nitrogen and oxygen atoms in total. The van der Waals surface area contributed by atoms with Crippen molar-refractivity contribution < 1.29 is 13.2 Å². The normalized spacial score (nSPS) is 32.3. The van der Waals surface area contributed by atoms with Gasteiger partial charge in [-0.25, -0.2) is 4.39 Å². The Hall–Kier alpha value is -1.00. The highest BCUT2D eigenvalue weighted by Gasteiger charge is 2.66. The van der Waals surface area contributed by atoms with Gasteiger partial charge in [0.1, 0.15) is 17.6 Å². The van der Waals surface area contributed by atoms with Gasteiger partial charge in [-0.15, -0.1) is 0 Å². The van der Waals surface area contributed by atoms with Gasteiger partial charge in [-0.2, -0.15) is 13.9 Å². The molecule has 0 bridgehead atoms. The molecule has 2 aliphatic carbocycles. The molecule has 3 atom stereocenters. The van der Waals surface area contributed by atoms with Crippen LogP contribution in [0.4, 0.5) is 13.2 Å². The number of fused-ring (bicyclic) bond motifs is 3. The lowest BCUT2D eigenvalue weighted by Gasteiger charge is -2.12. The van der Waals surface area contributed by atoms with Crippen molar-refractivity contribution in [3.8, 4) is 0 Å². The van der Waals surface area contributed by atoms with Crippen LogP contribution >= 0.6 is 0 Å². The van der Waals surface area contributed by atoms with Crippen molar-refractivity contribution in [2.24, 2.45) is 13.0 Å².